The molecule has 4 rings (SSSR count). The Kier molecular flexibility index (Phi) is 6.58. The van der Waals surface area contributed by atoms with Crippen LogP contribution in [-0.4, -0.2) is 45.8 Å². The monoisotopic (exact) mass is 476 g/mol. The van der Waals surface area contributed by atoms with Gasteiger partial charge in [0.25, 0.3) is 11.8 Å². The number of halogens is 4. The number of benzene rings is 1. The van der Waals surface area contributed by atoms with Crippen LogP contribution in [0.25, 0.3) is 11.3 Å². The molecule has 1 N–H and O–H groups in total. The van der Waals surface area contributed by atoms with E-state index in [1.807, 2.05) is 6.07 Å². The summed E-state index contributed by atoms with van der Waals surface area (Å²) in [6, 6.07) is 12.9. The van der Waals surface area contributed by atoms with E-state index in [1.54, 1.807) is 48.7 Å². The first-order valence-corrected chi connectivity index (χ1v) is 10.8. The normalized spacial score (nSPS) is 17.8. The van der Waals surface area contributed by atoms with Crippen LogP contribution in [0.4, 0.5) is 14.6 Å². The van der Waals surface area contributed by atoms with Gasteiger partial charge in [-0.1, -0.05) is 35.3 Å². The summed E-state index contributed by atoms with van der Waals surface area (Å²) in [6.45, 7) is 0.0514. The minimum atomic E-state index is -2.85. The van der Waals surface area contributed by atoms with Crippen LogP contribution in [0.2, 0.25) is 10.0 Å². The number of hydrogen-bond acceptors (Lipinski definition) is 4. The second-order valence-electron chi connectivity index (χ2n) is 7.61. The topological polar surface area (TPSA) is 58.1 Å². The highest BCUT2D eigenvalue weighted by atomic mass is 35.5. The average molecular weight is 477 g/mol. The van der Waals surface area contributed by atoms with Crippen LogP contribution in [0.3, 0.4) is 0 Å². The number of carbonyl (C=O) groups is 1. The molecule has 9 heteroatoms. The molecule has 0 radical (unpaired) electrons. The molecule has 1 aliphatic rings. The summed E-state index contributed by atoms with van der Waals surface area (Å²) < 4.78 is 28.5. The number of carbonyl (C=O) groups excluding carboxylic acids is 1. The number of likely N-dealkylation sites (tertiary alicyclic amines) is 1. The van der Waals surface area contributed by atoms with Gasteiger partial charge in [0.2, 0.25) is 0 Å². The summed E-state index contributed by atoms with van der Waals surface area (Å²) in [6.07, 6.45) is 2.26. The van der Waals surface area contributed by atoms with Gasteiger partial charge in [-0.05, 0) is 36.4 Å². The zero-order valence-electron chi connectivity index (χ0n) is 16.9. The zero-order valence-corrected chi connectivity index (χ0v) is 18.5. The standard InChI is InChI=1S/C23H20Cl2F2N4O/c24-15-4-6-18(20-3-1-2-9-28-20)19(11-15)22(32)31-10-8-23(26,27)12-17(31)14-30-21-7-5-16(25)13-29-21/h1-7,9,11,13,17H,8,10,12,14H2,(H,29,30). The van der Waals surface area contributed by atoms with Crippen molar-refractivity contribution in [2.75, 3.05) is 18.4 Å². The molecule has 32 heavy (non-hydrogen) atoms. The van der Waals surface area contributed by atoms with E-state index in [9.17, 15) is 13.6 Å². The van der Waals surface area contributed by atoms with Gasteiger partial charge in [-0.25, -0.2) is 13.8 Å². The van der Waals surface area contributed by atoms with Crippen LogP contribution < -0.4 is 5.32 Å². The number of piperidine rings is 1. The summed E-state index contributed by atoms with van der Waals surface area (Å²) in [5.74, 6) is -2.72. The SMILES string of the molecule is O=C(c1cc(Cl)ccc1-c1ccccn1)N1CCC(F)(F)CC1CNc1ccc(Cl)cn1. The first kappa shape index (κ1) is 22.4. The van der Waals surface area contributed by atoms with Crippen molar-refractivity contribution >= 4 is 34.9 Å². The van der Waals surface area contributed by atoms with E-state index >= 15 is 0 Å². The fourth-order valence-corrected chi connectivity index (χ4v) is 4.05. The Morgan fingerprint density at radius 3 is 2.66 bits per heavy atom. The van der Waals surface area contributed by atoms with Gasteiger partial charge in [0.05, 0.1) is 22.3 Å². The Morgan fingerprint density at radius 1 is 1.12 bits per heavy atom. The van der Waals surface area contributed by atoms with E-state index < -0.39 is 24.8 Å². The molecule has 1 amide bonds. The Bertz CT molecular complexity index is 1100. The van der Waals surface area contributed by atoms with Crippen molar-refractivity contribution in [3.63, 3.8) is 0 Å². The van der Waals surface area contributed by atoms with Crippen LogP contribution in [0.1, 0.15) is 23.2 Å². The molecule has 3 aromatic rings. The highest BCUT2D eigenvalue weighted by molar-refractivity contribution is 6.31. The highest BCUT2D eigenvalue weighted by Crippen LogP contribution is 2.34. The number of pyridine rings is 2. The molecular weight excluding hydrogens is 457 g/mol. The molecule has 1 aliphatic heterocycles. The van der Waals surface area contributed by atoms with Crippen molar-refractivity contribution in [2.45, 2.75) is 24.8 Å². The first-order chi connectivity index (χ1) is 15.3. The molecular formula is C23H20Cl2F2N4O. The fourth-order valence-electron chi connectivity index (χ4n) is 3.77. The van der Waals surface area contributed by atoms with Gasteiger partial charge in [0.15, 0.2) is 0 Å². The van der Waals surface area contributed by atoms with Crippen LogP contribution in [0.15, 0.2) is 60.9 Å². The van der Waals surface area contributed by atoms with Crippen molar-refractivity contribution in [2.24, 2.45) is 0 Å². The smallest absolute Gasteiger partial charge is 0.254 e. The average Bonchev–Trinajstić information content (AvgIpc) is 2.78. The molecule has 1 aromatic carbocycles. The molecule has 1 atom stereocenters. The molecule has 1 saturated heterocycles. The Labute approximate surface area is 194 Å². The molecule has 1 unspecified atom stereocenters. The lowest BCUT2D eigenvalue weighted by Gasteiger charge is -2.39. The van der Waals surface area contributed by atoms with Gasteiger partial charge in [-0.3, -0.25) is 9.78 Å². The Morgan fingerprint density at radius 2 is 1.94 bits per heavy atom. The van der Waals surface area contributed by atoms with Crippen molar-refractivity contribution in [1.82, 2.24) is 14.9 Å². The summed E-state index contributed by atoms with van der Waals surface area (Å²) in [7, 11) is 0. The van der Waals surface area contributed by atoms with Crippen molar-refractivity contribution in [3.05, 3.63) is 76.5 Å². The summed E-state index contributed by atoms with van der Waals surface area (Å²) in [4.78, 5) is 23.5. The number of anilines is 1. The molecule has 0 spiro atoms. The molecule has 5 nitrogen and oxygen atoms in total. The first-order valence-electron chi connectivity index (χ1n) is 10.1. The maximum Gasteiger partial charge on any atom is 0.254 e. The summed E-state index contributed by atoms with van der Waals surface area (Å²) in [5.41, 5.74) is 1.54. The highest BCUT2D eigenvalue weighted by Gasteiger charge is 2.42. The molecule has 1 fully saturated rings. The van der Waals surface area contributed by atoms with Crippen molar-refractivity contribution in [1.29, 1.82) is 0 Å². The number of alkyl halides is 2. The lowest BCUT2D eigenvalue weighted by Crippen LogP contribution is -2.52. The van der Waals surface area contributed by atoms with E-state index in [2.05, 4.69) is 15.3 Å². The van der Waals surface area contributed by atoms with Crippen molar-refractivity contribution in [3.8, 4) is 11.3 Å². The maximum atomic E-state index is 14.3. The molecule has 3 heterocycles. The van der Waals surface area contributed by atoms with Crippen LogP contribution in [0.5, 0.6) is 0 Å². The predicted octanol–water partition coefficient (Wildman–Crippen LogP) is 5.80. The second kappa shape index (κ2) is 9.38. The van der Waals surface area contributed by atoms with Crippen LogP contribution in [-0.2, 0) is 0 Å². The number of hydrogen-bond donors (Lipinski definition) is 1. The minimum Gasteiger partial charge on any atom is -0.368 e. The van der Waals surface area contributed by atoms with Gasteiger partial charge < -0.3 is 10.2 Å². The number of aromatic nitrogens is 2. The lowest BCUT2D eigenvalue weighted by molar-refractivity contribution is -0.0674. The van der Waals surface area contributed by atoms with Crippen molar-refractivity contribution < 1.29 is 13.6 Å². The maximum absolute atomic E-state index is 14.3. The lowest BCUT2D eigenvalue weighted by atomic mass is 9.95. The van der Waals surface area contributed by atoms with Crippen LogP contribution >= 0.6 is 23.2 Å². The van der Waals surface area contributed by atoms with Gasteiger partial charge in [0, 0.05) is 48.9 Å². The number of nitrogens with zero attached hydrogens (tertiary/aromatic N) is 3. The zero-order chi connectivity index (χ0) is 22.7. The predicted molar refractivity (Wildman–Crippen MR) is 121 cm³/mol. The quantitative estimate of drug-likeness (QED) is 0.505. The number of rotatable bonds is 5. The third-order valence-electron chi connectivity index (χ3n) is 5.35. The molecule has 2 aromatic heterocycles. The van der Waals surface area contributed by atoms with E-state index in [4.69, 9.17) is 23.2 Å². The molecule has 166 valence electrons. The third-order valence-corrected chi connectivity index (χ3v) is 5.81. The fraction of sp³-hybridized carbons (Fsp3) is 0.261. The third kappa shape index (κ3) is 5.16. The largest absolute Gasteiger partial charge is 0.368 e. The van der Waals surface area contributed by atoms with E-state index in [0.717, 1.165) is 0 Å². The Balaban J connectivity index is 1.62. The number of amides is 1. The van der Waals surface area contributed by atoms with Crippen LogP contribution in [0, 0.1) is 0 Å². The Hall–Kier alpha value is -2.77. The van der Waals surface area contributed by atoms with Gasteiger partial charge in [-0.2, -0.15) is 0 Å². The molecule has 0 bridgehead atoms. The molecule has 0 saturated carbocycles. The van der Waals surface area contributed by atoms with Gasteiger partial charge in [0.1, 0.15) is 5.82 Å². The minimum absolute atomic E-state index is 0.0690. The van der Waals surface area contributed by atoms with E-state index in [0.29, 0.717) is 32.7 Å². The van der Waals surface area contributed by atoms with E-state index in [-0.39, 0.29) is 19.0 Å². The summed E-state index contributed by atoms with van der Waals surface area (Å²) in [5, 5.41) is 3.89. The second-order valence-corrected chi connectivity index (χ2v) is 8.48. The van der Waals surface area contributed by atoms with Gasteiger partial charge in [-0.15, -0.1) is 0 Å². The summed E-state index contributed by atoms with van der Waals surface area (Å²) >= 11 is 12.0. The number of nitrogens with one attached hydrogen (secondary N) is 1. The van der Waals surface area contributed by atoms with E-state index in [1.165, 1.54) is 11.1 Å². The van der Waals surface area contributed by atoms with Gasteiger partial charge >= 0.3 is 0 Å². The molecule has 0 aliphatic carbocycles.